The second kappa shape index (κ2) is 5.63. The molecule has 0 N–H and O–H groups in total. The lowest BCUT2D eigenvalue weighted by Gasteiger charge is -2.28. The highest BCUT2D eigenvalue weighted by Gasteiger charge is 2.51. The minimum absolute atomic E-state index is 0.0832. The molecule has 0 radical (unpaired) electrons. The third-order valence-electron chi connectivity index (χ3n) is 4.65. The average Bonchev–Trinajstić information content (AvgIpc) is 3.03. The first-order chi connectivity index (χ1) is 10.1. The fourth-order valence-corrected chi connectivity index (χ4v) is 3.22. The van der Waals surface area contributed by atoms with Crippen LogP contribution in [0.25, 0.3) is 0 Å². The van der Waals surface area contributed by atoms with Crippen LogP contribution in [0.1, 0.15) is 19.4 Å². The van der Waals surface area contributed by atoms with Gasteiger partial charge in [0, 0.05) is 42.7 Å². The molecule has 112 valence electrons. The molecule has 2 fully saturated rings. The summed E-state index contributed by atoms with van der Waals surface area (Å²) in [6.07, 6.45) is 1.55. The highest BCUT2D eigenvalue weighted by atomic mass is 16.5. The van der Waals surface area contributed by atoms with Gasteiger partial charge in [-0.3, -0.25) is 4.90 Å². The van der Waals surface area contributed by atoms with Gasteiger partial charge in [0.25, 0.3) is 0 Å². The number of nitriles is 1. The lowest BCUT2D eigenvalue weighted by molar-refractivity contribution is 0.0838. The Labute approximate surface area is 125 Å². The zero-order chi connectivity index (χ0) is 14.9. The van der Waals surface area contributed by atoms with Gasteiger partial charge in [0.1, 0.15) is 6.07 Å². The number of rotatable bonds is 4. The van der Waals surface area contributed by atoms with Crippen LogP contribution in [-0.2, 0) is 4.74 Å². The maximum Gasteiger partial charge on any atom is 0.213 e. The molecule has 3 heterocycles. The topological polar surface area (TPSA) is 58.4 Å². The fraction of sp³-hybridized carbons (Fsp3) is 0.625. The fourth-order valence-electron chi connectivity index (χ4n) is 3.22. The first kappa shape index (κ1) is 14.3. The van der Waals surface area contributed by atoms with Crippen molar-refractivity contribution in [1.82, 2.24) is 9.88 Å². The molecule has 0 amide bonds. The summed E-state index contributed by atoms with van der Waals surface area (Å²) in [5, 5.41) is 8.78. The molecule has 5 nitrogen and oxygen atoms in total. The molecule has 2 aliphatic rings. The second-order valence-electron chi connectivity index (χ2n) is 6.38. The Hall–Kier alpha value is -1.64. The summed E-state index contributed by atoms with van der Waals surface area (Å²) in [5.74, 6) is 1.12. The molecule has 5 heteroatoms. The van der Waals surface area contributed by atoms with E-state index in [2.05, 4.69) is 29.8 Å². The summed E-state index contributed by atoms with van der Waals surface area (Å²) in [6.45, 7) is 8.79. The zero-order valence-electron chi connectivity index (χ0n) is 12.6. The smallest absolute Gasteiger partial charge is 0.213 e. The van der Waals surface area contributed by atoms with Crippen LogP contribution < -0.4 is 4.74 Å². The summed E-state index contributed by atoms with van der Waals surface area (Å²) >= 11 is 0. The molecule has 0 aromatic carbocycles. The Morgan fingerprint density at radius 1 is 1.57 bits per heavy atom. The number of hydrogen-bond acceptors (Lipinski definition) is 5. The van der Waals surface area contributed by atoms with E-state index in [-0.39, 0.29) is 5.41 Å². The van der Waals surface area contributed by atoms with Gasteiger partial charge in [0.2, 0.25) is 5.88 Å². The maximum atomic E-state index is 8.78. The predicted molar refractivity (Wildman–Crippen MR) is 77.9 cm³/mol. The van der Waals surface area contributed by atoms with Gasteiger partial charge in [0.05, 0.1) is 25.4 Å². The standard InChI is InChI=1S/C16H21N3O2/c1-12(2)19-7-14-8-20-10-16(14,9-19)11-21-15-4-3-13(5-17)6-18-15/h3-4,6,12,14H,7-11H2,1-2H3. The van der Waals surface area contributed by atoms with Crippen molar-refractivity contribution in [2.24, 2.45) is 11.3 Å². The van der Waals surface area contributed by atoms with Crippen molar-refractivity contribution in [3.8, 4) is 11.9 Å². The summed E-state index contributed by atoms with van der Waals surface area (Å²) in [7, 11) is 0. The summed E-state index contributed by atoms with van der Waals surface area (Å²) in [5.41, 5.74) is 0.634. The van der Waals surface area contributed by atoms with Crippen molar-refractivity contribution in [2.75, 3.05) is 32.9 Å². The van der Waals surface area contributed by atoms with Gasteiger partial charge < -0.3 is 9.47 Å². The van der Waals surface area contributed by atoms with Crippen LogP contribution in [0.3, 0.4) is 0 Å². The summed E-state index contributed by atoms with van der Waals surface area (Å²) < 4.78 is 11.6. The molecule has 2 atom stereocenters. The monoisotopic (exact) mass is 287 g/mol. The van der Waals surface area contributed by atoms with Gasteiger partial charge in [0.15, 0.2) is 0 Å². The highest BCUT2D eigenvalue weighted by molar-refractivity contribution is 5.28. The Morgan fingerprint density at radius 2 is 2.43 bits per heavy atom. The molecule has 0 spiro atoms. The van der Waals surface area contributed by atoms with E-state index in [0.717, 1.165) is 26.3 Å². The molecular formula is C16H21N3O2. The molecule has 0 bridgehead atoms. The molecular weight excluding hydrogens is 266 g/mol. The van der Waals surface area contributed by atoms with Crippen molar-refractivity contribution >= 4 is 0 Å². The molecule has 21 heavy (non-hydrogen) atoms. The Bertz CT molecular complexity index is 537. The average molecular weight is 287 g/mol. The van der Waals surface area contributed by atoms with Gasteiger partial charge >= 0.3 is 0 Å². The highest BCUT2D eigenvalue weighted by Crippen LogP contribution is 2.42. The van der Waals surface area contributed by atoms with Gasteiger partial charge in [-0.15, -0.1) is 0 Å². The Kier molecular flexibility index (Phi) is 3.83. The summed E-state index contributed by atoms with van der Waals surface area (Å²) in [4.78, 5) is 6.68. The van der Waals surface area contributed by atoms with Crippen molar-refractivity contribution < 1.29 is 9.47 Å². The van der Waals surface area contributed by atoms with Crippen LogP contribution in [0.15, 0.2) is 18.3 Å². The first-order valence-corrected chi connectivity index (χ1v) is 7.44. The lowest BCUT2D eigenvalue weighted by atomic mass is 9.82. The Balaban J connectivity index is 1.66. The minimum Gasteiger partial charge on any atom is -0.477 e. The van der Waals surface area contributed by atoms with Crippen LogP contribution in [-0.4, -0.2) is 48.8 Å². The van der Waals surface area contributed by atoms with E-state index in [1.54, 1.807) is 18.3 Å². The van der Waals surface area contributed by atoms with Crippen LogP contribution >= 0.6 is 0 Å². The minimum atomic E-state index is 0.0832. The van der Waals surface area contributed by atoms with Crippen LogP contribution in [0.5, 0.6) is 5.88 Å². The molecule has 2 aliphatic heterocycles. The maximum absolute atomic E-state index is 8.78. The van der Waals surface area contributed by atoms with Crippen molar-refractivity contribution in [3.05, 3.63) is 23.9 Å². The normalized spacial score (nSPS) is 28.6. The third-order valence-corrected chi connectivity index (χ3v) is 4.65. The largest absolute Gasteiger partial charge is 0.477 e. The second-order valence-corrected chi connectivity index (χ2v) is 6.38. The van der Waals surface area contributed by atoms with Gasteiger partial charge in [-0.05, 0) is 19.9 Å². The van der Waals surface area contributed by atoms with Gasteiger partial charge in [-0.25, -0.2) is 4.98 Å². The first-order valence-electron chi connectivity index (χ1n) is 7.44. The molecule has 0 aliphatic carbocycles. The van der Waals surface area contributed by atoms with E-state index in [1.165, 1.54) is 0 Å². The van der Waals surface area contributed by atoms with Crippen LogP contribution in [0.4, 0.5) is 0 Å². The van der Waals surface area contributed by atoms with E-state index in [9.17, 15) is 0 Å². The van der Waals surface area contributed by atoms with Crippen LogP contribution in [0.2, 0.25) is 0 Å². The molecule has 2 unspecified atom stereocenters. The molecule has 3 rings (SSSR count). The lowest BCUT2D eigenvalue weighted by Crippen LogP contribution is -2.38. The number of likely N-dealkylation sites (tertiary alicyclic amines) is 1. The zero-order valence-corrected chi connectivity index (χ0v) is 12.6. The van der Waals surface area contributed by atoms with E-state index < -0.39 is 0 Å². The molecule has 1 aromatic heterocycles. The predicted octanol–water partition coefficient (Wildman–Crippen LogP) is 1.69. The number of ether oxygens (including phenoxy) is 2. The molecule has 2 saturated heterocycles. The van der Waals surface area contributed by atoms with E-state index in [1.807, 2.05) is 0 Å². The SMILES string of the molecule is CC(C)N1CC2COCC2(COc2ccc(C#N)cn2)C1. The van der Waals surface area contributed by atoms with Gasteiger partial charge in [-0.1, -0.05) is 0 Å². The van der Waals surface area contributed by atoms with Crippen molar-refractivity contribution in [3.63, 3.8) is 0 Å². The third kappa shape index (κ3) is 2.74. The number of hydrogen-bond donors (Lipinski definition) is 0. The molecule has 1 aromatic rings. The number of nitrogens with zero attached hydrogens (tertiary/aromatic N) is 3. The van der Waals surface area contributed by atoms with Gasteiger partial charge in [-0.2, -0.15) is 5.26 Å². The quantitative estimate of drug-likeness (QED) is 0.843. The number of pyridine rings is 1. The van der Waals surface area contributed by atoms with Crippen molar-refractivity contribution in [2.45, 2.75) is 19.9 Å². The van der Waals surface area contributed by atoms with Crippen LogP contribution in [0, 0.1) is 22.7 Å². The van der Waals surface area contributed by atoms with E-state index in [4.69, 9.17) is 14.7 Å². The summed E-state index contributed by atoms with van der Waals surface area (Å²) in [6, 6.07) is 6.11. The van der Waals surface area contributed by atoms with E-state index >= 15 is 0 Å². The van der Waals surface area contributed by atoms with E-state index in [0.29, 0.717) is 30.0 Å². The Morgan fingerprint density at radius 3 is 3.10 bits per heavy atom. The number of aromatic nitrogens is 1. The number of fused-ring (bicyclic) bond motifs is 1. The van der Waals surface area contributed by atoms with Crippen molar-refractivity contribution in [1.29, 1.82) is 5.26 Å². The molecule has 0 saturated carbocycles.